The van der Waals surface area contributed by atoms with Crippen LogP contribution in [0.3, 0.4) is 0 Å². The Bertz CT molecular complexity index is 1400. The summed E-state index contributed by atoms with van der Waals surface area (Å²) < 4.78 is 16.9. The zero-order valence-corrected chi connectivity index (χ0v) is 48.1. The van der Waals surface area contributed by atoms with Crippen molar-refractivity contribution in [2.24, 2.45) is 0 Å². The standard InChI is InChI=1S/C67H116O6/c1-4-7-10-13-16-19-22-25-28-30-32-33-35-36-39-42-45-48-51-54-57-60-66(69)72-63-64(62-71-65(68)59-56-53-50-47-44-41-38-27-24-21-18-15-12-9-6-3)73-67(70)61-58-55-52-49-46-43-40-37-34-31-29-26-23-20-17-14-11-8-5-2/h8,11,17-18,20-21,26-27,29,34,37-38,43,46,64H,4-7,9-10,12-16,19,22-25,28,30-33,35-36,39-42,44-45,47-63H2,1-3H3/b11-8-,20-17-,21-18-,29-26-,37-34-,38-27-,46-43-/t64-/m1/s1. The molecule has 0 unspecified atom stereocenters. The molecule has 0 rings (SSSR count). The maximum Gasteiger partial charge on any atom is 0.306 e. The predicted octanol–water partition coefficient (Wildman–Crippen LogP) is 21.1. The van der Waals surface area contributed by atoms with Crippen LogP contribution in [-0.4, -0.2) is 37.2 Å². The van der Waals surface area contributed by atoms with Crippen LogP contribution in [0.2, 0.25) is 0 Å². The normalized spacial score (nSPS) is 12.6. The molecular formula is C67H116O6. The van der Waals surface area contributed by atoms with Gasteiger partial charge in [-0.25, -0.2) is 0 Å². The molecule has 0 spiro atoms. The minimum atomic E-state index is -0.800. The van der Waals surface area contributed by atoms with Crippen molar-refractivity contribution in [1.82, 2.24) is 0 Å². The Morgan fingerprint density at radius 2 is 0.534 bits per heavy atom. The summed E-state index contributed by atoms with van der Waals surface area (Å²) in [6, 6.07) is 0. The first kappa shape index (κ1) is 69.6. The van der Waals surface area contributed by atoms with E-state index in [-0.39, 0.29) is 37.5 Å². The minimum absolute atomic E-state index is 0.0924. The van der Waals surface area contributed by atoms with Gasteiger partial charge in [-0.2, -0.15) is 0 Å². The molecule has 0 bridgehead atoms. The van der Waals surface area contributed by atoms with Crippen molar-refractivity contribution in [2.75, 3.05) is 13.2 Å². The zero-order valence-electron chi connectivity index (χ0n) is 48.1. The van der Waals surface area contributed by atoms with E-state index in [4.69, 9.17) is 14.2 Å². The number of unbranched alkanes of at least 4 members (excludes halogenated alkanes) is 31. The van der Waals surface area contributed by atoms with Crippen molar-refractivity contribution in [3.63, 3.8) is 0 Å². The molecule has 0 saturated heterocycles. The fraction of sp³-hybridized carbons (Fsp3) is 0.746. The fourth-order valence-corrected chi connectivity index (χ4v) is 8.74. The van der Waals surface area contributed by atoms with Crippen molar-refractivity contribution >= 4 is 17.9 Å². The smallest absolute Gasteiger partial charge is 0.306 e. The molecule has 0 radical (unpaired) electrons. The van der Waals surface area contributed by atoms with E-state index in [9.17, 15) is 14.4 Å². The van der Waals surface area contributed by atoms with E-state index in [2.05, 4.69) is 106 Å². The third-order valence-electron chi connectivity index (χ3n) is 13.4. The van der Waals surface area contributed by atoms with Gasteiger partial charge < -0.3 is 14.2 Å². The lowest BCUT2D eigenvalue weighted by atomic mass is 10.0. The second kappa shape index (κ2) is 61.1. The number of allylic oxidation sites excluding steroid dienone is 14. The highest BCUT2D eigenvalue weighted by Gasteiger charge is 2.19. The van der Waals surface area contributed by atoms with Crippen LogP contribution in [0.4, 0.5) is 0 Å². The third kappa shape index (κ3) is 59.3. The maximum absolute atomic E-state index is 12.9. The summed E-state index contributed by atoms with van der Waals surface area (Å²) in [7, 11) is 0. The molecule has 0 aromatic heterocycles. The van der Waals surface area contributed by atoms with Crippen LogP contribution < -0.4 is 0 Å². The molecule has 0 aliphatic carbocycles. The van der Waals surface area contributed by atoms with Crippen LogP contribution in [0.5, 0.6) is 0 Å². The van der Waals surface area contributed by atoms with Gasteiger partial charge in [-0.1, -0.05) is 273 Å². The fourth-order valence-electron chi connectivity index (χ4n) is 8.74. The zero-order chi connectivity index (χ0) is 52.9. The van der Waals surface area contributed by atoms with Crippen LogP contribution >= 0.6 is 0 Å². The van der Waals surface area contributed by atoms with Crippen LogP contribution in [0.25, 0.3) is 0 Å². The minimum Gasteiger partial charge on any atom is -0.462 e. The van der Waals surface area contributed by atoms with Gasteiger partial charge in [0.25, 0.3) is 0 Å². The van der Waals surface area contributed by atoms with Crippen molar-refractivity contribution in [3.8, 4) is 0 Å². The second-order valence-corrected chi connectivity index (χ2v) is 20.6. The largest absolute Gasteiger partial charge is 0.462 e. The Morgan fingerprint density at radius 3 is 0.877 bits per heavy atom. The summed E-state index contributed by atoms with van der Waals surface area (Å²) in [6.45, 7) is 6.49. The number of hydrogen-bond acceptors (Lipinski definition) is 6. The predicted molar refractivity (Wildman–Crippen MR) is 316 cm³/mol. The summed E-state index contributed by atoms with van der Waals surface area (Å²) in [6.07, 6.45) is 80.1. The average Bonchev–Trinajstić information content (AvgIpc) is 3.39. The molecule has 73 heavy (non-hydrogen) atoms. The Balaban J connectivity index is 4.41. The maximum atomic E-state index is 12.9. The molecule has 0 fully saturated rings. The van der Waals surface area contributed by atoms with Crippen molar-refractivity contribution < 1.29 is 28.6 Å². The highest BCUT2D eigenvalue weighted by atomic mass is 16.6. The first-order chi connectivity index (χ1) is 36.0. The lowest BCUT2D eigenvalue weighted by Crippen LogP contribution is -2.30. The topological polar surface area (TPSA) is 78.9 Å². The summed E-state index contributed by atoms with van der Waals surface area (Å²) in [5, 5.41) is 0. The Labute approximate surface area is 452 Å². The molecule has 420 valence electrons. The molecular weight excluding hydrogens is 901 g/mol. The Morgan fingerprint density at radius 1 is 0.288 bits per heavy atom. The molecule has 0 amide bonds. The summed E-state index contributed by atoms with van der Waals surface area (Å²) in [5.41, 5.74) is 0. The van der Waals surface area contributed by atoms with E-state index in [1.54, 1.807) is 0 Å². The molecule has 1 atom stereocenters. The monoisotopic (exact) mass is 1020 g/mol. The molecule has 0 aliphatic rings. The second-order valence-electron chi connectivity index (χ2n) is 20.6. The van der Waals surface area contributed by atoms with Gasteiger partial charge in [0.15, 0.2) is 6.10 Å². The van der Waals surface area contributed by atoms with E-state index in [0.717, 1.165) is 122 Å². The number of carbonyl (C=O) groups excluding carboxylic acids is 3. The summed E-state index contributed by atoms with van der Waals surface area (Å²) >= 11 is 0. The van der Waals surface area contributed by atoms with Gasteiger partial charge in [0.1, 0.15) is 13.2 Å². The number of rotatable bonds is 56. The quantitative estimate of drug-likeness (QED) is 0.0261. The van der Waals surface area contributed by atoms with Gasteiger partial charge >= 0.3 is 17.9 Å². The van der Waals surface area contributed by atoms with Gasteiger partial charge in [0, 0.05) is 19.3 Å². The summed E-state index contributed by atoms with van der Waals surface area (Å²) in [5.74, 6) is -0.928. The molecule has 6 heteroatoms. The van der Waals surface area contributed by atoms with Crippen LogP contribution in [0.1, 0.15) is 303 Å². The van der Waals surface area contributed by atoms with Crippen LogP contribution in [0, 0.1) is 0 Å². The SMILES string of the molecule is CC/C=C\C/C=C\C/C=C\C/C=C\C/C=C\CCCCCC(=O)O[C@H](COC(=O)CCCCCCC/C=C\C/C=C\CCCCC)COC(=O)CCCCCCCCCCCCCCCCCCCCCCC. The number of ether oxygens (including phenoxy) is 3. The Hall–Kier alpha value is -3.41. The number of hydrogen-bond donors (Lipinski definition) is 0. The highest BCUT2D eigenvalue weighted by molar-refractivity contribution is 5.71. The molecule has 0 saturated carbocycles. The molecule has 6 nitrogen and oxygen atoms in total. The van der Waals surface area contributed by atoms with Gasteiger partial charge in [-0.15, -0.1) is 0 Å². The molecule has 0 aromatic carbocycles. The summed E-state index contributed by atoms with van der Waals surface area (Å²) in [4.78, 5) is 38.3. The number of esters is 3. The van der Waals surface area contributed by atoms with Crippen molar-refractivity contribution in [1.29, 1.82) is 0 Å². The van der Waals surface area contributed by atoms with E-state index in [0.29, 0.717) is 12.8 Å². The molecule has 0 N–H and O–H groups in total. The van der Waals surface area contributed by atoms with Crippen molar-refractivity contribution in [3.05, 3.63) is 85.1 Å². The first-order valence-corrected chi connectivity index (χ1v) is 31.1. The van der Waals surface area contributed by atoms with E-state index < -0.39 is 6.10 Å². The molecule has 0 aliphatic heterocycles. The first-order valence-electron chi connectivity index (χ1n) is 31.1. The molecule has 0 aromatic rings. The van der Waals surface area contributed by atoms with Gasteiger partial charge in [-0.05, 0) is 96.3 Å². The lowest BCUT2D eigenvalue weighted by Gasteiger charge is -2.18. The van der Waals surface area contributed by atoms with E-state index in [1.165, 1.54) is 141 Å². The van der Waals surface area contributed by atoms with E-state index >= 15 is 0 Å². The lowest BCUT2D eigenvalue weighted by molar-refractivity contribution is -0.167. The number of carbonyl (C=O) groups is 3. The molecule has 0 heterocycles. The third-order valence-corrected chi connectivity index (χ3v) is 13.4. The highest BCUT2D eigenvalue weighted by Crippen LogP contribution is 2.17. The van der Waals surface area contributed by atoms with Crippen molar-refractivity contribution in [2.45, 2.75) is 309 Å². The van der Waals surface area contributed by atoms with Gasteiger partial charge in [-0.3, -0.25) is 14.4 Å². The van der Waals surface area contributed by atoms with Gasteiger partial charge in [0.05, 0.1) is 0 Å². The van der Waals surface area contributed by atoms with Crippen LogP contribution in [0.15, 0.2) is 85.1 Å². The van der Waals surface area contributed by atoms with Crippen LogP contribution in [-0.2, 0) is 28.6 Å². The van der Waals surface area contributed by atoms with Gasteiger partial charge in [0.2, 0.25) is 0 Å². The Kier molecular flexibility index (Phi) is 58.3. The average molecular weight is 1020 g/mol. The van der Waals surface area contributed by atoms with E-state index in [1.807, 2.05) is 0 Å².